The van der Waals surface area contributed by atoms with Gasteiger partial charge in [0.05, 0.1) is 30.5 Å². The van der Waals surface area contributed by atoms with Crippen molar-refractivity contribution in [2.45, 2.75) is 19.6 Å². The Balaban J connectivity index is 1.90. The van der Waals surface area contributed by atoms with E-state index in [2.05, 4.69) is 9.88 Å². The van der Waals surface area contributed by atoms with Gasteiger partial charge in [0, 0.05) is 24.6 Å². The Morgan fingerprint density at radius 1 is 1.40 bits per heavy atom. The zero-order chi connectivity index (χ0) is 14.5. The maximum atomic E-state index is 12.8. The number of nitrogens with zero attached hydrogens (tertiary/aromatic N) is 2. The largest absolute Gasteiger partial charge is 0.472 e. The Labute approximate surface area is 117 Å². The van der Waals surface area contributed by atoms with Gasteiger partial charge in [0.1, 0.15) is 5.82 Å². The highest BCUT2D eigenvalue weighted by Gasteiger charge is 2.19. The third kappa shape index (κ3) is 3.88. The average Bonchev–Trinajstić information content (AvgIpc) is 2.91. The predicted molar refractivity (Wildman–Crippen MR) is 73.4 cm³/mol. The Morgan fingerprint density at radius 3 is 2.80 bits per heavy atom. The van der Waals surface area contributed by atoms with E-state index in [-0.39, 0.29) is 5.92 Å². The minimum absolute atomic E-state index is 0.00939. The van der Waals surface area contributed by atoms with Gasteiger partial charge in [-0.2, -0.15) is 0 Å². The molecule has 108 valence electrons. The number of hydrogen-bond acceptors (Lipinski definition) is 4. The Bertz CT molecular complexity index is 513. The van der Waals surface area contributed by atoms with Crippen molar-refractivity contribution in [3.63, 3.8) is 0 Å². The second kappa shape index (κ2) is 6.63. The molecule has 2 aromatic heterocycles. The van der Waals surface area contributed by atoms with Crippen molar-refractivity contribution >= 4 is 0 Å². The third-order valence-corrected chi connectivity index (χ3v) is 3.22. The second-order valence-corrected chi connectivity index (χ2v) is 5.15. The fourth-order valence-corrected chi connectivity index (χ4v) is 2.20. The van der Waals surface area contributed by atoms with Crippen LogP contribution >= 0.6 is 0 Å². The summed E-state index contributed by atoms with van der Waals surface area (Å²) in [5.74, 6) is -0.407. The van der Waals surface area contributed by atoms with E-state index in [0.717, 1.165) is 18.3 Å². The molecular formula is C15H19FN2O2. The first-order chi connectivity index (χ1) is 9.56. The summed E-state index contributed by atoms with van der Waals surface area (Å²) >= 11 is 0. The van der Waals surface area contributed by atoms with E-state index in [1.165, 1.54) is 12.1 Å². The van der Waals surface area contributed by atoms with Crippen LogP contribution in [-0.4, -0.2) is 28.6 Å². The monoisotopic (exact) mass is 278 g/mol. The molecule has 0 fully saturated rings. The van der Waals surface area contributed by atoms with Gasteiger partial charge in [0.15, 0.2) is 0 Å². The van der Waals surface area contributed by atoms with Gasteiger partial charge in [-0.25, -0.2) is 4.39 Å². The lowest BCUT2D eigenvalue weighted by atomic mass is 10.0. The number of halogens is 1. The Morgan fingerprint density at radius 2 is 2.20 bits per heavy atom. The fourth-order valence-electron chi connectivity index (χ4n) is 2.20. The van der Waals surface area contributed by atoms with Crippen LogP contribution in [0, 0.1) is 11.7 Å². The number of rotatable bonds is 6. The lowest BCUT2D eigenvalue weighted by Gasteiger charge is -2.24. The molecule has 0 aliphatic carbocycles. The number of aromatic nitrogens is 1. The summed E-state index contributed by atoms with van der Waals surface area (Å²) < 4.78 is 17.8. The zero-order valence-electron chi connectivity index (χ0n) is 11.7. The quantitative estimate of drug-likeness (QED) is 0.882. The van der Waals surface area contributed by atoms with E-state index in [9.17, 15) is 9.50 Å². The van der Waals surface area contributed by atoms with Crippen molar-refractivity contribution in [3.8, 4) is 0 Å². The maximum Gasteiger partial charge on any atom is 0.141 e. The van der Waals surface area contributed by atoms with Crippen LogP contribution in [0.3, 0.4) is 0 Å². The molecule has 2 heterocycles. The van der Waals surface area contributed by atoms with Crippen LogP contribution in [0.2, 0.25) is 0 Å². The molecule has 0 saturated carbocycles. The molecule has 20 heavy (non-hydrogen) atoms. The topological polar surface area (TPSA) is 49.5 Å². The van der Waals surface area contributed by atoms with Crippen LogP contribution in [0.25, 0.3) is 0 Å². The van der Waals surface area contributed by atoms with Gasteiger partial charge in [-0.15, -0.1) is 0 Å². The molecule has 4 nitrogen and oxygen atoms in total. The molecule has 0 saturated heterocycles. The SMILES string of the molecule is CC(CN(C)Cc1ccoc1)C(O)c1ccc(F)cn1. The van der Waals surface area contributed by atoms with Crippen LogP contribution in [-0.2, 0) is 6.54 Å². The highest BCUT2D eigenvalue weighted by Crippen LogP contribution is 2.21. The first-order valence-electron chi connectivity index (χ1n) is 6.55. The zero-order valence-corrected chi connectivity index (χ0v) is 11.7. The summed E-state index contributed by atoms with van der Waals surface area (Å²) in [7, 11) is 1.98. The lowest BCUT2D eigenvalue weighted by Crippen LogP contribution is -2.27. The van der Waals surface area contributed by atoms with Gasteiger partial charge < -0.3 is 14.4 Å². The molecular weight excluding hydrogens is 259 g/mol. The summed E-state index contributed by atoms with van der Waals surface area (Å²) in [6.07, 6.45) is 3.77. The number of furan rings is 1. The number of aliphatic hydroxyl groups excluding tert-OH is 1. The minimum atomic E-state index is -0.706. The molecule has 0 aliphatic rings. The minimum Gasteiger partial charge on any atom is -0.472 e. The van der Waals surface area contributed by atoms with Crippen molar-refractivity contribution in [1.82, 2.24) is 9.88 Å². The van der Waals surface area contributed by atoms with Crippen molar-refractivity contribution in [3.05, 3.63) is 54.0 Å². The number of aliphatic hydroxyl groups is 1. The molecule has 1 N–H and O–H groups in total. The van der Waals surface area contributed by atoms with E-state index in [1.54, 1.807) is 12.5 Å². The molecule has 2 rings (SSSR count). The van der Waals surface area contributed by atoms with Crippen molar-refractivity contribution in [1.29, 1.82) is 0 Å². The van der Waals surface area contributed by atoms with E-state index < -0.39 is 11.9 Å². The van der Waals surface area contributed by atoms with Gasteiger partial charge >= 0.3 is 0 Å². The highest BCUT2D eigenvalue weighted by molar-refractivity contribution is 5.09. The summed E-state index contributed by atoms with van der Waals surface area (Å²) in [5.41, 5.74) is 1.59. The molecule has 0 amide bonds. The molecule has 0 radical (unpaired) electrons. The first-order valence-corrected chi connectivity index (χ1v) is 6.55. The average molecular weight is 278 g/mol. The fraction of sp³-hybridized carbons (Fsp3) is 0.400. The normalized spacial score (nSPS) is 14.4. The number of hydrogen-bond donors (Lipinski definition) is 1. The molecule has 0 aromatic carbocycles. The standard InChI is InChI=1S/C15H19FN2O2/c1-11(8-18(2)9-12-5-6-20-10-12)15(19)14-4-3-13(16)7-17-14/h3-7,10-11,15,19H,8-9H2,1-2H3. The lowest BCUT2D eigenvalue weighted by molar-refractivity contribution is 0.0896. The van der Waals surface area contributed by atoms with Crippen molar-refractivity contribution < 1.29 is 13.9 Å². The first kappa shape index (κ1) is 14.7. The van der Waals surface area contributed by atoms with Crippen molar-refractivity contribution in [2.75, 3.05) is 13.6 Å². The second-order valence-electron chi connectivity index (χ2n) is 5.15. The Kier molecular flexibility index (Phi) is 4.87. The van der Waals surface area contributed by atoms with E-state index in [1.807, 2.05) is 20.0 Å². The highest BCUT2D eigenvalue weighted by atomic mass is 19.1. The Hall–Kier alpha value is -1.72. The number of pyridine rings is 1. The van der Waals surface area contributed by atoms with Gasteiger partial charge in [-0.05, 0) is 25.2 Å². The summed E-state index contributed by atoms with van der Waals surface area (Å²) in [6.45, 7) is 3.40. The van der Waals surface area contributed by atoms with Gasteiger partial charge in [0.25, 0.3) is 0 Å². The van der Waals surface area contributed by atoms with Crippen LogP contribution in [0.4, 0.5) is 4.39 Å². The summed E-state index contributed by atoms with van der Waals surface area (Å²) in [4.78, 5) is 6.02. The summed E-state index contributed by atoms with van der Waals surface area (Å²) in [6, 6.07) is 4.75. The van der Waals surface area contributed by atoms with E-state index >= 15 is 0 Å². The van der Waals surface area contributed by atoms with Gasteiger partial charge in [-0.1, -0.05) is 6.92 Å². The molecule has 2 aromatic rings. The van der Waals surface area contributed by atoms with Crippen LogP contribution in [0.15, 0.2) is 41.3 Å². The summed E-state index contributed by atoms with van der Waals surface area (Å²) in [5, 5.41) is 10.2. The van der Waals surface area contributed by atoms with E-state index in [0.29, 0.717) is 12.2 Å². The smallest absolute Gasteiger partial charge is 0.141 e. The van der Waals surface area contributed by atoms with Gasteiger partial charge in [-0.3, -0.25) is 4.98 Å². The predicted octanol–water partition coefficient (Wildman–Crippen LogP) is 2.62. The van der Waals surface area contributed by atoms with E-state index in [4.69, 9.17) is 4.42 Å². The molecule has 5 heteroatoms. The molecule has 2 unspecified atom stereocenters. The van der Waals surface area contributed by atoms with Gasteiger partial charge in [0.2, 0.25) is 0 Å². The molecule has 0 bridgehead atoms. The van der Waals surface area contributed by atoms with Crippen LogP contribution < -0.4 is 0 Å². The molecule has 0 aliphatic heterocycles. The van der Waals surface area contributed by atoms with Crippen molar-refractivity contribution in [2.24, 2.45) is 5.92 Å². The van der Waals surface area contributed by atoms with Crippen LogP contribution in [0.1, 0.15) is 24.3 Å². The third-order valence-electron chi connectivity index (χ3n) is 3.22. The molecule has 2 atom stereocenters. The molecule has 0 spiro atoms. The van der Waals surface area contributed by atoms with Crippen LogP contribution in [0.5, 0.6) is 0 Å². The maximum absolute atomic E-state index is 12.8.